The zero-order valence-electron chi connectivity index (χ0n) is 8.85. The second-order valence-corrected chi connectivity index (χ2v) is 2.58. The molecule has 0 saturated carbocycles. The first kappa shape index (κ1) is 16.3. The molecule has 15 heavy (non-hydrogen) atoms. The number of aliphatic hydroxyl groups is 2. The second-order valence-electron chi connectivity index (χ2n) is 2.58. The number of rotatable bonds is 7. The van der Waals surface area contributed by atoms with E-state index in [1.807, 2.05) is 12.1 Å². The summed E-state index contributed by atoms with van der Waals surface area (Å²) in [7, 11) is 0. The first-order chi connectivity index (χ1) is 7.33. The minimum absolute atomic E-state index is 0.195. The quantitative estimate of drug-likeness (QED) is 0.604. The molecule has 2 N–H and O–H groups in total. The Bertz CT molecular complexity index is 164. The highest BCUT2D eigenvalue weighted by Gasteiger charge is 1.84. The van der Waals surface area contributed by atoms with Gasteiger partial charge in [-0.3, -0.25) is 0 Å². The molecule has 0 bridgehead atoms. The van der Waals surface area contributed by atoms with Crippen LogP contribution in [0, 0.1) is 22.7 Å². The van der Waals surface area contributed by atoms with E-state index in [4.69, 9.17) is 25.5 Å². The molecule has 0 aromatic rings. The Morgan fingerprint density at radius 3 is 1.53 bits per heavy atom. The van der Waals surface area contributed by atoms with Crippen molar-refractivity contribution in [3.05, 3.63) is 0 Å². The molecule has 0 fully saturated rings. The van der Waals surface area contributed by atoms with Crippen molar-refractivity contribution in [2.45, 2.75) is 25.7 Å². The number of nitrogens with zero attached hydrogens (tertiary/aromatic N) is 2. The van der Waals surface area contributed by atoms with E-state index in [1.165, 1.54) is 0 Å². The first-order valence-corrected chi connectivity index (χ1v) is 4.86. The number of ether oxygens (including phenoxy) is 1. The first-order valence-electron chi connectivity index (χ1n) is 4.86. The molecule has 0 aliphatic rings. The fraction of sp³-hybridized carbons (Fsp3) is 0.800. The molecule has 0 atom stereocenters. The van der Waals surface area contributed by atoms with Gasteiger partial charge in [-0.25, -0.2) is 0 Å². The van der Waals surface area contributed by atoms with Crippen LogP contribution in [0.4, 0.5) is 0 Å². The summed E-state index contributed by atoms with van der Waals surface area (Å²) in [4.78, 5) is 0. The molecule has 0 spiro atoms. The Morgan fingerprint density at radius 1 is 0.867 bits per heavy atom. The van der Waals surface area contributed by atoms with Crippen LogP contribution in [0.2, 0.25) is 0 Å². The molecular formula is C10H18N2O3. The van der Waals surface area contributed by atoms with E-state index >= 15 is 0 Å². The van der Waals surface area contributed by atoms with Crippen molar-refractivity contribution in [3.8, 4) is 12.1 Å². The largest absolute Gasteiger partial charge is 0.396 e. The Balaban J connectivity index is 0. The van der Waals surface area contributed by atoms with Crippen LogP contribution in [-0.4, -0.2) is 36.6 Å². The van der Waals surface area contributed by atoms with Gasteiger partial charge in [-0.1, -0.05) is 0 Å². The molecular weight excluding hydrogens is 196 g/mol. The third kappa shape index (κ3) is 24.6. The monoisotopic (exact) mass is 214 g/mol. The zero-order valence-corrected chi connectivity index (χ0v) is 8.85. The lowest BCUT2D eigenvalue weighted by Crippen LogP contribution is -1.93. The Labute approximate surface area is 90.5 Å². The molecule has 0 rings (SSSR count). The van der Waals surface area contributed by atoms with Crippen LogP contribution in [0.1, 0.15) is 25.7 Å². The SMILES string of the molecule is N#CCCOCCC#N.OCCCCO. The lowest BCUT2D eigenvalue weighted by molar-refractivity contribution is 0.145. The minimum Gasteiger partial charge on any atom is -0.396 e. The summed E-state index contributed by atoms with van der Waals surface area (Å²) < 4.78 is 4.87. The van der Waals surface area contributed by atoms with E-state index < -0.39 is 0 Å². The number of hydrogen-bond acceptors (Lipinski definition) is 5. The molecule has 86 valence electrons. The maximum absolute atomic E-state index is 8.09. The Hall–Kier alpha value is -1.14. The van der Waals surface area contributed by atoms with Crippen LogP contribution >= 0.6 is 0 Å². The van der Waals surface area contributed by atoms with Gasteiger partial charge in [0.1, 0.15) is 0 Å². The van der Waals surface area contributed by atoms with Crippen molar-refractivity contribution in [1.82, 2.24) is 0 Å². The van der Waals surface area contributed by atoms with Crippen LogP contribution in [0.15, 0.2) is 0 Å². The number of aliphatic hydroxyl groups excluding tert-OH is 2. The van der Waals surface area contributed by atoms with Crippen molar-refractivity contribution in [2.24, 2.45) is 0 Å². The van der Waals surface area contributed by atoms with Crippen LogP contribution in [0.3, 0.4) is 0 Å². The highest BCUT2D eigenvalue weighted by Crippen LogP contribution is 1.82. The van der Waals surface area contributed by atoms with Crippen LogP contribution in [-0.2, 0) is 4.74 Å². The highest BCUT2D eigenvalue weighted by atomic mass is 16.5. The summed E-state index contributed by atoms with van der Waals surface area (Å²) in [5.41, 5.74) is 0. The van der Waals surface area contributed by atoms with Gasteiger partial charge in [-0.15, -0.1) is 0 Å². The summed E-state index contributed by atoms with van der Waals surface area (Å²) in [5.74, 6) is 0. The fourth-order valence-corrected chi connectivity index (χ4v) is 0.561. The van der Waals surface area contributed by atoms with E-state index in [2.05, 4.69) is 0 Å². The van der Waals surface area contributed by atoms with E-state index in [-0.39, 0.29) is 13.2 Å². The van der Waals surface area contributed by atoms with Crippen molar-refractivity contribution in [1.29, 1.82) is 10.5 Å². The van der Waals surface area contributed by atoms with Gasteiger partial charge in [0, 0.05) is 13.2 Å². The smallest absolute Gasteiger partial charge is 0.0645 e. The predicted molar refractivity (Wildman–Crippen MR) is 54.7 cm³/mol. The van der Waals surface area contributed by atoms with E-state index in [0.29, 0.717) is 26.1 Å². The fourth-order valence-electron chi connectivity index (χ4n) is 0.561. The van der Waals surface area contributed by atoms with Crippen LogP contribution in [0.25, 0.3) is 0 Å². The summed E-state index contributed by atoms with van der Waals surface area (Å²) in [6.45, 7) is 1.28. The van der Waals surface area contributed by atoms with Crippen molar-refractivity contribution in [3.63, 3.8) is 0 Å². The van der Waals surface area contributed by atoms with Crippen LogP contribution in [0.5, 0.6) is 0 Å². The van der Waals surface area contributed by atoms with Gasteiger partial charge in [0.25, 0.3) is 0 Å². The highest BCUT2D eigenvalue weighted by molar-refractivity contribution is 4.69. The van der Waals surface area contributed by atoms with Gasteiger partial charge in [-0.05, 0) is 12.8 Å². The van der Waals surface area contributed by atoms with Crippen molar-refractivity contribution in [2.75, 3.05) is 26.4 Å². The van der Waals surface area contributed by atoms with Crippen molar-refractivity contribution >= 4 is 0 Å². The molecule has 0 aromatic carbocycles. The minimum atomic E-state index is 0.195. The molecule has 0 aromatic heterocycles. The number of nitriles is 2. The molecule has 0 unspecified atom stereocenters. The normalized spacial score (nSPS) is 8.27. The lowest BCUT2D eigenvalue weighted by atomic mass is 10.3. The molecule has 5 nitrogen and oxygen atoms in total. The standard InChI is InChI=1S/C6H8N2O.C4H10O2/c7-3-1-5-9-6-2-4-8;5-3-1-2-4-6/h1-2,5-6H2;5-6H,1-4H2. The predicted octanol–water partition coefficient (Wildman–Crippen LogP) is 0.582. The number of unbranched alkanes of at least 4 members (excludes halogenated alkanes) is 1. The average Bonchev–Trinajstić information content (AvgIpc) is 2.27. The van der Waals surface area contributed by atoms with E-state index in [1.54, 1.807) is 0 Å². The number of hydrogen-bond donors (Lipinski definition) is 2. The second kappa shape index (κ2) is 18.6. The van der Waals surface area contributed by atoms with Gasteiger partial charge in [0.05, 0.1) is 38.2 Å². The third-order valence-electron chi connectivity index (χ3n) is 1.28. The zero-order chi connectivity index (χ0) is 11.8. The van der Waals surface area contributed by atoms with Crippen molar-refractivity contribution < 1.29 is 14.9 Å². The lowest BCUT2D eigenvalue weighted by Gasteiger charge is -1.93. The summed E-state index contributed by atoms with van der Waals surface area (Å²) in [6, 6.07) is 3.87. The molecule has 0 heterocycles. The third-order valence-corrected chi connectivity index (χ3v) is 1.28. The molecule has 0 aliphatic heterocycles. The molecule has 0 aliphatic carbocycles. The summed E-state index contributed by atoms with van der Waals surface area (Å²) >= 11 is 0. The molecule has 0 radical (unpaired) electrons. The maximum atomic E-state index is 8.09. The van der Waals surface area contributed by atoms with Gasteiger partial charge < -0.3 is 14.9 Å². The van der Waals surface area contributed by atoms with E-state index in [9.17, 15) is 0 Å². The van der Waals surface area contributed by atoms with Gasteiger partial charge in [0.2, 0.25) is 0 Å². The molecule has 0 amide bonds. The summed E-state index contributed by atoms with van der Waals surface area (Å²) in [5, 5.41) is 32.2. The topological polar surface area (TPSA) is 97.3 Å². The Kier molecular flexibility index (Phi) is 20.2. The summed E-state index contributed by atoms with van der Waals surface area (Å²) in [6.07, 6.45) is 2.25. The maximum Gasteiger partial charge on any atom is 0.0645 e. The van der Waals surface area contributed by atoms with Gasteiger partial charge >= 0.3 is 0 Å². The van der Waals surface area contributed by atoms with E-state index in [0.717, 1.165) is 12.8 Å². The molecule has 5 heteroatoms. The van der Waals surface area contributed by atoms with Crippen LogP contribution < -0.4 is 0 Å². The Morgan fingerprint density at radius 2 is 1.27 bits per heavy atom. The molecule has 0 saturated heterocycles. The van der Waals surface area contributed by atoms with Gasteiger partial charge in [0.15, 0.2) is 0 Å². The average molecular weight is 214 g/mol. The van der Waals surface area contributed by atoms with Gasteiger partial charge in [-0.2, -0.15) is 10.5 Å².